The predicted molar refractivity (Wildman–Crippen MR) is 227 cm³/mol. The molecule has 0 bridgehead atoms. The van der Waals surface area contributed by atoms with Crippen molar-refractivity contribution in [1.82, 2.24) is 0 Å². The van der Waals surface area contributed by atoms with Gasteiger partial charge in [0.1, 0.15) is 18.0 Å². The zero-order chi connectivity index (χ0) is 40.8. The van der Waals surface area contributed by atoms with Gasteiger partial charge in [-0.05, 0) is 112 Å². The quantitative estimate of drug-likeness (QED) is 0.150. The van der Waals surface area contributed by atoms with Gasteiger partial charge in [0.2, 0.25) is 5.69 Å². The van der Waals surface area contributed by atoms with E-state index in [-0.39, 0.29) is 35.2 Å². The van der Waals surface area contributed by atoms with Crippen molar-refractivity contribution in [2.75, 3.05) is 43.7 Å². The summed E-state index contributed by atoms with van der Waals surface area (Å²) in [5.74, 6) is 1.05. The van der Waals surface area contributed by atoms with Gasteiger partial charge in [0.15, 0.2) is 5.71 Å². The Morgan fingerprint density at radius 1 is 0.772 bits per heavy atom. The molecule has 2 spiro atoms. The normalized spacial score (nSPS) is 21.6. The van der Waals surface area contributed by atoms with Gasteiger partial charge in [-0.15, -0.1) is 0 Å². The number of benzene rings is 2. The Balaban J connectivity index is 1.28. The van der Waals surface area contributed by atoms with E-state index in [0.29, 0.717) is 13.1 Å². The zero-order valence-corrected chi connectivity index (χ0v) is 36.0. The van der Waals surface area contributed by atoms with Gasteiger partial charge >= 0.3 is 0 Å². The number of nitrogens with zero attached hydrogens (tertiary/aromatic N) is 2. The Bertz CT molecular complexity index is 2310. The third kappa shape index (κ3) is 7.89. The van der Waals surface area contributed by atoms with Crippen LogP contribution in [0, 0.1) is 13.8 Å². The Kier molecular flexibility index (Phi) is 11.9. The second kappa shape index (κ2) is 16.3. The molecule has 13 heteroatoms. The molecule has 2 aliphatic heterocycles. The molecule has 2 N–H and O–H groups in total. The van der Waals surface area contributed by atoms with E-state index in [1.807, 2.05) is 12.1 Å². The van der Waals surface area contributed by atoms with Crippen LogP contribution in [0.1, 0.15) is 106 Å². The Labute approximate surface area is 343 Å². The molecule has 2 aromatic rings. The van der Waals surface area contributed by atoms with Gasteiger partial charge in [0.05, 0.1) is 31.1 Å². The molecule has 5 aliphatic rings. The van der Waals surface area contributed by atoms with Crippen LogP contribution in [0.25, 0.3) is 0 Å². The number of ether oxygens (including phenoxy) is 2. The van der Waals surface area contributed by atoms with Crippen molar-refractivity contribution in [3.63, 3.8) is 0 Å². The fourth-order valence-electron chi connectivity index (χ4n) is 10.8. The number of anilines is 1. The van der Waals surface area contributed by atoms with E-state index >= 15 is 0 Å². The van der Waals surface area contributed by atoms with Crippen LogP contribution in [-0.2, 0) is 31.1 Å². The lowest BCUT2D eigenvalue weighted by atomic mass is 9.74. The first-order valence-electron chi connectivity index (χ1n) is 20.3. The van der Waals surface area contributed by atoms with E-state index in [2.05, 4.69) is 59.8 Å². The second-order valence-corrected chi connectivity index (χ2v) is 19.9. The molecule has 7 rings (SSSR count). The van der Waals surface area contributed by atoms with Gasteiger partial charge in [-0.3, -0.25) is 9.11 Å². The third-order valence-corrected chi connectivity index (χ3v) is 15.2. The summed E-state index contributed by atoms with van der Waals surface area (Å²) in [4.78, 5) is 2.25. The Morgan fingerprint density at radius 3 is 2.00 bits per heavy atom. The summed E-state index contributed by atoms with van der Waals surface area (Å²) in [5, 5.41) is 0.730. The summed E-state index contributed by atoms with van der Waals surface area (Å²) < 4.78 is 80.0. The minimum Gasteiger partial charge on any atom is -0.496 e. The number of rotatable bonds is 13. The summed E-state index contributed by atoms with van der Waals surface area (Å²) in [6.45, 7) is 5.11. The van der Waals surface area contributed by atoms with Crippen LogP contribution in [0.4, 0.5) is 11.4 Å². The number of fused-ring (bicyclic) bond motifs is 4. The molecule has 2 heterocycles. The highest BCUT2D eigenvalue weighted by atomic mass is 35.5. The molecule has 2 aromatic carbocycles. The summed E-state index contributed by atoms with van der Waals surface area (Å²) in [7, 11) is -4.83. The molecule has 0 unspecified atom stereocenters. The average molecular weight is 841 g/mol. The number of hydrogen-bond acceptors (Lipinski definition) is 7. The van der Waals surface area contributed by atoms with Gasteiger partial charge in [-0.1, -0.05) is 49.4 Å². The first-order chi connectivity index (χ1) is 27.1. The minimum absolute atomic E-state index is 0.236. The van der Waals surface area contributed by atoms with E-state index in [1.54, 1.807) is 14.2 Å². The molecule has 57 heavy (non-hydrogen) atoms. The van der Waals surface area contributed by atoms with Crippen LogP contribution < -0.4 is 14.4 Å². The summed E-state index contributed by atoms with van der Waals surface area (Å²) in [6, 6.07) is 8.13. The fourth-order valence-corrected chi connectivity index (χ4v) is 12.1. The minimum atomic E-state index is -4.11. The van der Waals surface area contributed by atoms with Crippen molar-refractivity contribution in [3.8, 4) is 11.5 Å². The summed E-state index contributed by atoms with van der Waals surface area (Å²) in [6.07, 6.45) is 20.1. The molecule has 10 nitrogen and oxygen atoms in total. The van der Waals surface area contributed by atoms with Gasteiger partial charge in [0.25, 0.3) is 20.2 Å². The highest BCUT2D eigenvalue weighted by molar-refractivity contribution is 7.86. The number of methoxy groups -OCH3 is 2. The van der Waals surface area contributed by atoms with Crippen LogP contribution in [0.3, 0.4) is 0 Å². The summed E-state index contributed by atoms with van der Waals surface area (Å²) in [5.41, 5.74) is 10.7. The predicted octanol–water partition coefficient (Wildman–Crippen LogP) is 9.16. The molecule has 2 fully saturated rings. The third-order valence-electron chi connectivity index (χ3n) is 13.2. The molecular formula is C44H56ClN2O8S2+. The van der Waals surface area contributed by atoms with Crippen LogP contribution in [-0.4, -0.2) is 75.0 Å². The topological polar surface area (TPSA) is 133 Å². The van der Waals surface area contributed by atoms with Crippen molar-refractivity contribution in [2.45, 2.75) is 108 Å². The van der Waals surface area contributed by atoms with Gasteiger partial charge in [0, 0.05) is 58.1 Å². The Morgan fingerprint density at radius 2 is 1.37 bits per heavy atom. The molecule has 0 aromatic heterocycles. The highest BCUT2D eigenvalue weighted by Gasteiger charge is 2.54. The van der Waals surface area contributed by atoms with E-state index in [9.17, 15) is 25.9 Å². The highest BCUT2D eigenvalue weighted by Crippen LogP contribution is 2.59. The first-order valence-corrected chi connectivity index (χ1v) is 23.9. The maximum absolute atomic E-state index is 11.8. The van der Waals surface area contributed by atoms with Gasteiger partial charge in [-0.2, -0.15) is 21.4 Å². The van der Waals surface area contributed by atoms with E-state index < -0.39 is 20.2 Å². The van der Waals surface area contributed by atoms with Crippen molar-refractivity contribution in [2.24, 2.45) is 0 Å². The van der Waals surface area contributed by atoms with Crippen molar-refractivity contribution < 1.29 is 40.0 Å². The molecule has 0 radical (unpaired) electrons. The molecule has 0 atom stereocenters. The Hall–Kier alpha value is -3.42. The lowest BCUT2D eigenvalue weighted by molar-refractivity contribution is -0.437. The maximum Gasteiger partial charge on any atom is 0.265 e. The maximum atomic E-state index is 11.8. The van der Waals surface area contributed by atoms with Crippen molar-refractivity contribution in [3.05, 3.63) is 92.7 Å². The first kappa shape index (κ1) is 41.7. The molecule has 2 saturated carbocycles. The number of halogens is 1. The van der Waals surface area contributed by atoms with Gasteiger partial charge in [-0.25, -0.2) is 0 Å². The smallest absolute Gasteiger partial charge is 0.265 e. The van der Waals surface area contributed by atoms with E-state index in [1.165, 1.54) is 11.1 Å². The average Bonchev–Trinajstić information content (AvgIpc) is 3.94. The number of allylic oxidation sites excluding steroid dienone is 8. The van der Waals surface area contributed by atoms with Crippen LogP contribution in [0.15, 0.2) is 70.4 Å². The molecule has 0 saturated heterocycles. The second-order valence-electron chi connectivity index (χ2n) is 16.4. The van der Waals surface area contributed by atoms with Crippen LogP contribution in [0.2, 0.25) is 0 Å². The molecule has 0 amide bonds. The van der Waals surface area contributed by atoms with Gasteiger partial charge < -0.3 is 14.4 Å². The lowest BCUT2D eigenvalue weighted by Crippen LogP contribution is -2.32. The van der Waals surface area contributed by atoms with E-state index in [0.717, 1.165) is 132 Å². The zero-order valence-electron chi connectivity index (χ0n) is 33.6. The fraction of sp³-hybridized carbons (Fsp3) is 0.523. The SMILES string of the molecule is COc1ccc2c(c1C)C1(CCCC1)C(/C=C/C1=C(Cl)C(=C/C=C3\N(CCCS(=O)(=O)O)c4ccc(OC)c(C)c4C34CCCC4)/CCC1)=[N+]2CCCS(=O)(=O)O. The standard InChI is InChI=1S/C44H55ClN2O8S2/c1-30-36(54-3)18-16-34-40(30)43(22-5-6-23-43)38(46(34)26-10-28-56(48,49)50)20-14-32-12-9-13-33(42(32)45)15-21-39-44(24-7-8-25-44)41-31(2)37(55-4)19-17-35(41)47(39)27-11-29-57(51,52)53/h14-21H,5-13,22-29H2,1-4H3,(H-,48,49,50,51,52,53)/p+1. The van der Waals surface area contributed by atoms with Crippen LogP contribution >= 0.6 is 11.6 Å². The summed E-state index contributed by atoms with van der Waals surface area (Å²) >= 11 is 7.34. The lowest BCUT2D eigenvalue weighted by Gasteiger charge is -2.30. The van der Waals surface area contributed by atoms with Crippen molar-refractivity contribution >= 4 is 48.9 Å². The van der Waals surface area contributed by atoms with Crippen LogP contribution in [0.5, 0.6) is 11.5 Å². The molecule has 308 valence electrons. The molecule has 3 aliphatic carbocycles. The van der Waals surface area contributed by atoms with Crippen molar-refractivity contribution in [1.29, 1.82) is 0 Å². The largest absolute Gasteiger partial charge is 0.496 e. The number of hydrogen-bond donors (Lipinski definition) is 2. The van der Waals surface area contributed by atoms with E-state index in [4.69, 9.17) is 21.1 Å². The monoisotopic (exact) mass is 839 g/mol. The molecular weight excluding hydrogens is 784 g/mol.